The van der Waals surface area contributed by atoms with E-state index in [2.05, 4.69) is 24.1 Å². The lowest BCUT2D eigenvalue weighted by atomic mass is 10.0. The molecule has 5 nitrogen and oxygen atoms in total. The van der Waals surface area contributed by atoms with Crippen molar-refractivity contribution < 1.29 is 14.3 Å². The van der Waals surface area contributed by atoms with Gasteiger partial charge in [-0.2, -0.15) is 0 Å². The lowest BCUT2D eigenvalue weighted by Gasteiger charge is -2.35. The van der Waals surface area contributed by atoms with Gasteiger partial charge in [0.2, 0.25) is 5.91 Å². The highest BCUT2D eigenvalue weighted by atomic mass is 16.5. The Labute approximate surface area is 122 Å². The maximum absolute atomic E-state index is 12.0. The lowest BCUT2D eigenvalue weighted by molar-refractivity contribution is -0.130. The van der Waals surface area contributed by atoms with Gasteiger partial charge in [0.1, 0.15) is 6.10 Å². The molecule has 2 atom stereocenters. The van der Waals surface area contributed by atoms with Crippen LogP contribution in [0, 0.1) is 5.92 Å². The lowest BCUT2D eigenvalue weighted by Crippen LogP contribution is -2.50. The van der Waals surface area contributed by atoms with Gasteiger partial charge < -0.3 is 14.8 Å². The van der Waals surface area contributed by atoms with Crippen LogP contribution in [0.25, 0.3) is 0 Å². The molecule has 0 aromatic rings. The van der Waals surface area contributed by atoms with Crippen LogP contribution in [0.5, 0.6) is 0 Å². The molecule has 0 spiro atoms. The van der Waals surface area contributed by atoms with E-state index in [4.69, 9.17) is 9.47 Å². The highest BCUT2D eigenvalue weighted by Crippen LogP contribution is 2.14. The predicted molar refractivity (Wildman–Crippen MR) is 77.6 cm³/mol. The molecular formula is C15H28N2O3. The molecule has 0 aromatic heterocycles. The summed E-state index contributed by atoms with van der Waals surface area (Å²) in [4.78, 5) is 14.5. The van der Waals surface area contributed by atoms with Crippen molar-refractivity contribution in [3.63, 3.8) is 0 Å². The molecule has 116 valence electrons. The molecule has 0 aliphatic carbocycles. The zero-order chi connectivity index (χ0) is 14.4. The van der Waals surface area contributed by atoms with E-state index in [0.717, 1.165) is 58.7 Å². The Balaban J connectivity index is 1.81. The minimum atomic E-state index is -0.223. The average molecular weight is 284 g/mol. The molecule has 2 fully saturated rings. The van der Waals surface area contributed by atoms with E-state index in [1.165, 1.54) is 0 Å². The third-order valence-electron chi connectivity index (χ3n) is 4.04. The van der Waals surface area contributed by atoms with Gasteiger partial charge in [-0.05, 0) is 25.2 Å². The molecule has 2 heterocycles. The summed E-state index contributed by atoms with van der Waals surface area (Å²) in [6.45, 7) is 9.43. The topological polar surface area (TPSA) is 50.8 Å². The molecular weight excluding hydrogens is 256 g/mol. The van der Waals surface area contributed by atoms with Gasteiger partial charge in [0.25, 0.3) is 0 Å². The molecule has 2 saturated heterocycles. The summed E-state index contributed by atoms with van der Waals surface area (Å²) in [7, 11) is 0. The van der Waals surface area contributed by atoms with E-state index in [0.29, 0.717) is 12.0 Å². The minimum Gasteiger partial charge on any atom is -0.379 e. The second-order valence-electron chi connectivity index (χ2n) is 6.18. The fourth-order valence-corrected chi connectivity index (χ4v) is 2.96. The number of carbonyl (C=O) groups is 1. The number of carbonyl (C=O) groups excluding carboxylic acids is 1. The van der Waals surface area contributed by atoms with Crippen LogP contribution in [0.4, 0.5) is 0 Å². The van der Waals surface area contributed by atoms with E-state index in [1.807, 2.05) is 0 Å². The Morgan fingerprint density at radius 1 is 1.30 bits per heavy atom. The van der Waals surface area contributed by atoms with Gasteiger partial charge in [-0.15, -0.1) is 0 Å². The summed E-state index contributed by atoms with van der Waals surface area (Å²) >= 11 is 0. The van der Waals surface area contributed by atoms with Crippen LogP contribution in [0.1, 0.15) is 33.1 Å². The Morgan fingerprint density at radius 2 is 2.05 bits per heavy atom. The number of rotatable bonds is 6. The summed E-state index contributed by atoms with van der Waals surface area (Å²) in [5, 5.41) is 3.08. The first kappa shape index (κ1) is 15.7. The largest absolute Gasteiger partial charge is 0.379 e. The standard InChI is InChI=1S/C15H28N2O3/c1-12(2)10-13(17-5-8-19-9-6-17)11-16-15(18)14-4-3-7-20-14/h12-14H,3-11H2,1-2H3,(H,16,18). The third-order valence-corrected chi connectivity index (χ3v) is 4.04. The first-order chi connectivity index (χ1) is 9.66. The average Bonchev–Trinajstić information content (AvgIpc) is 2.98. The van der Waals surface area contributed by atoms with Crippen LogP contribution in [0.2, 0.25) is 0 Å². The minimum absolute atomic E-state index is 0.0597. The quantitative estimate of drug-likeness (QED) is 0.791. The molecule has 20 heavy (non-hydrogen) atoms. The van der Waals surface area contributed by atoms with Crippen molar-refractivity contribution in [1.82, 2.24) is 10.2 Å². The van der Waals surface area contributed by atoms with Crippen molar-refractivity contribution >= 4 is 5.91 Å². The fraction of sp³-hybridized carbons (Fsp3) is 0.933. The number of morpholine rings is 1. The molecule has 2 aliphatic rings. The number of nitrogens with one attached hydrogen (secondary N) is 1. The van der Waals surface area contributed by atoms with E-state index in [1.54, 1.807) is 0 Å². The van der Waals surface area contributed by atoms with Crippen LogP contribution in [0.15, 0.2) is 0 Å². The van der Waals surface area contributed by atoms with Crippen LogP contribution in [-0.4, -0.2) is 62.4 Å². The number of amides is 1. The molecule has 2 aliphatic heterocycles. The monoisotopic (exact) mass is 284 g/mol. The van der Waals surface area contributed by atoms with E-state index in [9.17, 15) is 4.79 Å². The van der Waals surface area contributed by atoms with Gasteiger partial charge >= 0.3 is 0 Å². The Hall–Kier alpha value is -0.650. The van der Waals surface area contributed by atoms with Crippen LogP contribution >= 0.6 is 0 Å². The van der Waals surface area contributed by atoms with Gasteiger partial charge in [-0.3, -0.25) is 9.69 Å². The number of hydrogen-bond donors (Lipinski definition) is 1. The molecule has 5 heteroatoms. The molecule has 1 amide bonds. The van der Waals surface area contributed by atoms with Crippen molar-refractivity contribution in [2.24, 2.45) is 5.92 Å². The molecule has 0 radical (unpaired) electrons. The summed E-state index contributed by atoms with van der Waals surface area (Å²) in [6, 6.07) is 0.407. The Kier molecular flexibility index (Phi) is 6.26. The van der Waals surface area contributed by atoms with Crippen molar-refractivity contribution in [2.45, 2.75) is 45.3 Å². The third kappa shape index (κ3) is 4.72. The SMILES string of the molecule is CC(C)CC(CNC(=O)C1CCCO1)N1CCOCC1. The molecule has 0 bridgehead atoms. The van der Waals surface area contributed by atoms with Gasteiger partial charge in [0, 0.05) is 32.3 Å². The number of nitrogens with zero attached hydrogens (tertiary/aromatic N) is 1. The Bertz CT molecular complexity index is 297. The first-order valence-corrected chi connectivity index (χ1v) is 7.88. The molecule has 0 aromatic carbocycles. The van der Waals surface area contributed by atoms with Gasteiger partial charge in [0.05, 0.1) is 13.2 Å². The maximum atomic E-state index is 12.0. The van der Waals surface area contributed by atoms with E-state index < -0.39 is 0 Å². The first-order valence-electron chi connectivity index (χ1n) is 7.88. The molecule has 0 saturated carbocycles. The van der Waals surface area contributed by atoms with Crippen LogP contribution in [-0.2, 0) is 14.3 Å². The van der Waals surface area contributed by atoms with E-state index in [-0.39, 0.29) is 12.0 Å². The van der Waals surface area contributed by atoms with Gasteiger partial charge in [-0.1, -0.05) is 13.8 Å². The smallest absolute Gasteiger partial charge is 0.249 e. The van der Waals surface area contributed by atoms with Crippen molar-refractivity contribution in [3.05, 3.63) is 0 Å². The van der Waals surface area contributed by atoms with Gasteiger partial charge in [-0.25, -0.2) is 0 Å². The molecule has 1 N–H and O–H groups in total. The molecule has 2 unspecified atom stereocenters. The van der Waals surface area contributed by atoms with Crippen molar-refractivity contribution in [1.29, 1.82) is 0 Å². The predicted octanol–water partition coefficient (Wildman–Crippen LogP) is 1.03. The van der Waals surface area contributed by atoms with Crippen LogP contribution < -0.4 is 5.32 Å². The zero-order valence-electron chi connectivity index (χ0n) is 12.8. The summed E-state index contributed by atoms with van der Waals surface area (Å²) < 4.78 is 10.8. The maximum Gasteiger partial charge on any atom is 0.249 e. The van der Waals surface area contributed by atoms with Crippen molar-refractivity contribution in [2.75, 3.05) is 39.5 Å². The van der Waals surface area contributed by atoms with Crippen molar-refractivity contribution in [3.8, 4) is 0 Å². The zero-order valence-corrected chi connectivity index (χ0v) is 12.8. The summed E-state index contributed by atoms with van der Waals surface area (Å²) in [6.07, 6.45) is 2.74. The fourth-order valence-electron chi connectivity index (χ4n) is 2.96. The van der Waals surface area contributed by atoms with E-state index >= 15 is 0 Å². The number of ether oxygens (including phenoxy) is 2. The highest BCUT2D eigenvalue weighted by molar-refractivity contribution is 5.80. The highest BCUT2D eigenvalue weighted by Gasteiger charge is 2.26. The van der Waals surface area contributed by atoms with Crippen LogP contribution in [0.3, 0.4) is 0 Å². The molecule has 2 rings (SSSR count). The second kappa shape index (κ2) is 7.96. The van der Waals surface area contributed by atoms with Gasteiger partial charge in [0.15, 0.2) is 0 Å². The second-order valence-corrected chi connectivity index (χ2v) is 6.18. The normalized spacial score (nSPS) is 25.9. The Morgan fingerprint density at radius 3 is 2.65 bits per heavy atom. The number of hydrogen-bond acceptors (Lipinski definition) is 4. The summed E-state index contributed by atoms with van der Waals surface area (Å²) in [5.41, 5.74) is 0. The summed E-state index contributed by atoms with van der Waals surface area (Å²) in [5.74, 6) is 0.687.